The molecule has 0 radical (unpaired) electrons. The Balaban J connectivity index is 1.16. The molecule has 4 fully saturated rings. The van der Waals surface area contributed by atoms with E-state index in [1.807, 2.05) is 4.90 Å². The van der Waals surface area contributed by atoms with Crippen LogP contribution in [-0.2, 0) is 4.79 Å². The molecule has 6 heteroatoms. The van der Waals surface area contributed by atoms with Crippen LogP contribution in [-0.4, -0.2) is 66.0 Å². The Hall–Kier alpha value is -1.30. The van der Waals surface area contributed by atoms with Crippen molar-refractivity contribution < 1.29 is 9.59 Å². The van der Waals surface area contributed by atoms with Crippen molar-refractivity contribution in [2.45, 2.75) is 75.9 Å². The summed E-state index contributed by atoms with van der Waals surface area (Å²) >= 11 is 0. The normalized spacial score (nSPS) is 29.1. The van der Waals surface area contributed by atoms with Gasteiger partial charge in [-0.1, -0.05) is 12.8 Å². The van der Waals surface area contributed by atoms with E-state index in [0.29, 0.717) is 18.5 Å². The van der Waals surface area contributed by atoms with Crippen LogP contribution in [0.4, 0.5) is 4.79 Å². The highest BCUT2D eigenvalue weighted by molar-refractivity contribution is 5.80. The van der Waals surface area contributed by atoms with Gasteiger partial charge in [0, 0.05) is 50.2 Å². The van der Waals surface area contributed by atoms with Gasteiger partial charge in [0.1, 0.15) is 0 Å². The summed E-state index contributed by atoms with van der Waals surface area (Å²) in [4.78, 5) is 29.3. The van der Waals surface area contributed by atoms with E-state index < -0.39 is 0 Å². The molecule has 4 aliphatic rings. The molecule has 25 heavy (non-hydrogen) atoms. The maximum absolute atomic E-state index is 12.5. The minimum Gasteiger partial charge on any atom is -0.340 e. The van der Waals surface area contributed by atoms with Crippen LogP contribution in [0.2, 0.25) is 0 Å². The van der Waals surface area contributed by atoms with E-state index in [1.165, 1.54) is 25.7 Å². The lowest BCUT2D eigenvalue weighted by atomic mass is 10.1. The average molecular weight is 348 g/mol. The molecule has 2 aliphatic carbocycles. The fourth-order valence-electron chi connectivity index (χ4n) is 4.77. The smallest absolute Gasteiger partial charge is 0.315 e. The number of piperidine rings is 1. The molecule has 0 unspecified atom stereocenters. The van der Waals surface area contributed by atoms with Crippen molar-refractivity contribution in [2.24, 2.45) is 5.92 Å². The molecule has 2 saturated carbocycles. The van der Waals surface area contributed by atoms with Crippen LogP contribution in [0, 0.1) is 5.92 Å². The number of hydrogen-bond acceptors (Lipinski definition) is 3. The lowest BCUT2D eigenvalue weighted by molar-refractivity contribution is -0.134. The Labute approximate surface area is 150 Å². The maximum atomic E-state index is 12.5. The van der Waals surface area contributed by atoms with Gasteiger partial charge in [0.05, 0.1) is 0 Å². The van der Waals surface area contributed by atoms with Gasteiger partial charge in [-0.25, -0.2) is 4.79 Å². The summed E-state index contributed by atoms with van der Waals surface area (Å²) in [6.45, 7) is 3.70. The highest BCUT2D eigenvalue weighted by Crippen LogP contribution is 2.29. The molecule has 0 aromatic heterocycles. The van der Waals surface area contributed by atoms with Gasteiger partial charge in [-0.3, -0.25) is 4.79 Å². The summed E-state index contributed by atoms with van der Waals surface area (Å²) in [7, 11) is 0. The van der Waals surface area contributed by atoms with E-state index in [9.17, 15) is 9.59 Å². The predicted octanol–water partition coefficient (Wildman–Crippen LogP) is 1.70. The van der Waals surface area contributed by atoms with E-state index in [2.05, 4.69) is 15.5 Å². The van der Waals surface area contributed by atoms with Crippen LogP contribution in [0.5, 0.6) is 0 Å². The Morgan fingerprint density at radius 2 is 1.40 bits per heavy atom. The van der Waals surface area contributed by atoms with Crippen molar-refractivity contribution >= 4 is 11.9 Å². The second-order valence-corrected chi connectivity index (χ2v) is 8.41. The number of carbonyl (C=O) groups is 2. The van der Waals surface area contributed by atoms with Gasteiger partial charge in [-0.05, 0) is 44.9 Å². The molecule has 3 amide bonds. The standard InChI is InChI=1S/C19H32N4O2/c24-18(14-3-1-2-4-14)23-12-9-16(13-23)21-19(25)20-15-7-10-22(11-8-15)17-5-6-17/h14-17H,1-13H2,(H2,20,21,25)/t16-/m0/s1. The highest BCUT2D eigenvalue weighted by Gasteiger charge is 2.34. The zero-order valence-electron chi connectivity index (χ0n) is 15.2. The Morgan fingerprint density at radius 1 is 0.760 bits per heavy atom. The van der Waals surface area contributed by atoms with Crippen LogP contribution in [0.3, 0.4) is 0 Å². The van der Waals surface area contributed by atoms with E-state index in [-0.39, 0.29) is 18.0 Å². The molecular formula is C19H32N4O2. The van der Waals surface area contributed by atoms with E-state index in [4.69, 9.17) is 0 Å². The van der Waals surface area contributed by atoms with Crippen LogP contribution in [0.25, 0.3) is 0 Å². The summed E-state index contributed by atoms with van der Waals surface area (Å²) in [5.74, 6) is 0.555. The largest absolute Gasteiger partial charge is 0.340 e. The molecule has 2 saturated heterocycles. The first-order valence-corrected chi connectivity index (χ1v) is 10.3. The van der Waals surface area contributed by atoms with Gasteiger partial charge in [-0.2, -0.15) is 0 Å². The van der Waals surface area contributed by atoms with Gasteiger partial charge in [0.25, 0.3) is 0 Å². The molecule has 140 valence electrons. The van der Waals surface area contributed by atoms with Crippen LogP contribution in [0.15, 0.2) is 0 Å². The number of rotatable bonds is 4. The molecule has 2 aliphatic heterocycles. The molecule has 2 N–H and O–H groups in total. The van der Waals surface area contributed by atoms with Crippen molar-refractivity contribution in [3.63, 3.8) is 0 Å². The first-order valence-electron chi connectivity index (χ1n) is 10.3. The third-order valence-corrected chi connectivity index (χ3v) is 6.47. The lowest BCUT2D eigenvalue weighted by Gasteiger charge is -2.32. The first-order chi connectivity index (χ1) is 12.2. The van der Waals surface area contributed by atoms with Gasteiger partial charge >= 0.3 is 6.03 Å². The number of amides is 3. The van der Waals surface area contributed by atoms with E-state index in [0.717, 1.165) is 57.8 Å². The van der Waals surface area contributed by atoms with Crippen LogP contribution >= 0.6 is 0 Å². The van der Waals surface area contributed by atoms with E-state index >= 15 is 0 Å². The summed E-state index contributed by atoms with van der Waals surface area (Å²) in [6, 6.07) is 1.19. The first kappa shape index (κ1) is 17.1. The summed E-state index contributed by atoms with van der Waals surface area (Å²) in [6.07, 6.45) is 10.2. The third kappa shape index (κ3) is 4.27. The van der Waals surface area contributed by atoms with E-state index in [1.54, 1.807) is 0 Å². The SMILES string of the molecule is O=C(NC1CCN(C2CC2)CC1)N[C@H]1CCN(C(=O)C2CCCC2)C1. The molecule has 0 aromatic carbocycles. The fourth-order valence-corrected chi connectivity index (χ4v) is 4.77. The minimum atomic E-state index is -0.0509. The number of carbonyl (C=O) groups excluding carboxylic acids is 2. The molecule has 0 spiro atoms. The Kier molecular flexibility index (Phi) is 5.15. The topological polar surface area (TPSA) is 64.7 Å². The Morgan fingerprint density at radius 3 is 2.08 bits per heavy atom. The molecule has 0 aromatic rings. The van der Waals surface area contributed by atoms with Crippen molar-refractivity contribution in [2.75, 3.05) is 26.2 Å². The third-order valence-electron chi connectivity index (χ3n) is 6.47. The number of nitrogens with one attached hydrogen (secondary N) is 2. The zero-order valence-corrected chi connectivity index (χ0v) is 15.2. The molecular weight excluding hydrogens is 316 g/mol. The predicted molar refractivity (Wildman–Crippen MR) is 96.2 cm³/mol. The van der Waals surface area contributed by atoms with Crippen molar-refractivity contribution in [3.05, 3.63) is 0 Å². The van der Waals surface area contributed by atoms with Crippen molar-refractivity contribution in [3.8, 4) is 0 Å². The van der Waals surface area contributed by atoms with Crippen molar-refractivity contribution in [1.29, 1.82) is 0 Å². The quantitative estimate of drug-likeness (QED) is 0.813. The highest BCUT2D eigenvalue weighted by atomic mass is 16.2. The van der Waals surface area contributed by atoms with Crippen LogP contribution in [0.1, 0.15) is 57.8 Å². The summed E-state index contributed by atoms with van der Waals surface area (Å²) in [5.41, 5.74) is 0. The second-order valence-electron chi connectivity index (χ2n) is 8.41. The number of nitrogens with zero attached hydrogens (tertiary/aromatic N) is 2. The summed E-state index contributed by atoms with van der Waals surface area (Å²) < 4.78 is 0. The Bertz CT molecular complexity index is 494. The monoisotopic (exact) mass is 348 g/mol. The van der Waals surface area contributed by atoms with Crippen molar-refractivity contribution in [1.82, 2.24) is 20.4 Å². The molecule has 6 nitrogen and oxygen atoms in total. The van der Waals surface area contributed by atoms with Gasteiger partial charge in [0.2, 0.25) is 5.91 Å². The fraction of sp³-hybridized carbons (Fsp3) is 0.895. The average Bonchev–Trinajstić information content (AvgIpc) is 3.12. The zero-order chi connectivity index (χ0) is 17.2. The maximum Gasteiger partial charge on any atom is 0.315 e. The summed E-state index contributed by atoms with van der Waals surface area (Å²) in [5, 5.41) is 6.24. The molecule has 4 rings (SSSR count). The van der Waals surface area contributed by atoms with Gasteiger partial charge < -0.3 is 20.4 Å². The van der Waals surface area contributed by atoms with Gasteiger partial charge in [0.15, 0.2) is 0 Å². The number of hydrogen-bond donors (Lipinski definition) is 2. The molecule has 0 bridgehead atoms. The number of urea groups is 1. The van der Waals surface area contributed by atoms with Gasteiger partial charge in [-0.15, -0.1) is 0 Å². The van der Waals surface area contributed by atoms with Crippen LogP contribution < -0.4 is 10.6 Å². The number of likely N-dealkylation sites (tertiary alicyclic amines) is 2. The second kappa shape index (κ2) is 7.52. The minimum absolute atomic E-state index is 0.0509. The molecule has 2 heterocycles. The lowest BCUT2D eigenvalue weighted by Crippen LogP contribution is -2.51. The molecule has 1 atom stereocenters.